The highest BCUT2D eigenvalue weighted by Crippen LogP contribution is 2.28. The third-order valence-corrected chi connectivity index (χ3v) is 3.48. The maximum absolute atomic E-state index is 14.3. The first-order chi connectivity index (χ1) is 11.4. The molecular weight excluding hydrogens is 319 g/mol. The van der Waals surface area contributed by atoms with E-state index in [4.69, 9.17) is 9.26 Å². The van der Waals surface area contributed by atoms with Crippen LogP contribution in [0.2, 0.25) is 0 Å². The van der Waals surface area contributed by atoms with Crippen LogP contribution in [0.3, 0.4) is 0 Å². The summed E-state index contributed by atoms with van der Waals surface area (Å²) in [5, 5.41) is 6.20. The van der Waals surface area contributed by atoms with Crippen molar-refractivity contribution in [3.63, 3.8) is 0 Å². The van der Waals surface area contributed by atoms with Crippen molar-refractivity contribution in [2.45, 2.75) is 20.0 Å². The molecule has 1 aliphatic heterocycles. The van der Waals surface area contributed by atoms with Crippen LogP contribution in [-0.4, -0.2) is 41.3 Å². The number of benzene rings is 1. The van der Waals surface area contributed by atoms with E-state index < -0.39 is 18.0 Å². The molecule has 2 heterocycles. The van der Waals surface area contributed by atoms with E-state index in [9.17, 15) is 14.0 Å². The molecule has 24 heavy (non-hydrogen) atoms. The van der Waals surface area contributed by atoms with Gasteiger partial charge in [0.1, 0.15) is 11.9 Å². The topological polar surface area (TPSA) is 97.6 Å². The number of amides is 2. The van der Waals surface area contributed by atoms with Gasteiger partial charge < -0.3 is 14.6 Å². The monoisotopic (exact) mass is 334 g/mol. The first kappa shape index (κ1) is 15.9. The largest absolute Gasteiger partial charge is 0.442 e. The Hall–Kier alpha value is -2.97. The lowest BCUT2D eigenvalue weighted by molar-refractivity contribution is -0.119. The van der Waals surface area contributed by atoms with Crippen LogP contribution < -0.4 is 10.2 Å². The zero-order chi connectivity index (χ0) is 17.3. The minimum atomic E-state index is -0.592. The van der Waals surface area contributed by atoms with Crippen LogP contribution in [0.4, 0.5) is 14.9 Å². The normalized spacial score (nSPS) is 17.0. The molecule has 0 aliphatic carbocycles. The van der Waals surface area contributed by atoms with Crippen LogP contribution >= 0.6 is 0 Å². The Bertz CT molecular complexity index is 792. The highest BCUT2D eigenvalue weighted by atomic mass is 19.1. The van der Waals surface area contributed by atoms with Gasteiger partial charge in [0.2, 0.25) is 5.91 Å². The van der Waals surface area contributed by atoms with E-state index in [2.05, 4.69) is 15.5 Å². The van der Waals surface area contributed by atoms with Crippen molar-refractivity contribution >= 4 is 17.7 Å². The molecule has 126 valence electrons. The number of nitrogens with zero attached hydrogens (tertiary/aromatic N) is 3. The third-order valence-electron chi connectivity index (χ3n) is 3.48. The van der Waals surface area contributed by atoms with Crippen LogP contribution in [0.5, 0.6) is 0 Å². The number of anilines is 1. The molecule has 1 aromatic heterocycles. The number of rotatable bonds is 4. The van der Waals surface area contributed by atoms with Crippen molar-refractivity contribution in [3.05, 3.63) is 29.8 Å². The summed E-state index contributed by atoms with van der Waals surface area (Å²) in [6, 6.07) is 4.24. The molecule has 1 aromatic carbocycles. The summed E-state index contributed by atoms with van der Waals surface area (Å²) in [6.07, 6.45) is -1.08. The van der Waals surface area contributed by atoms with Gasteiger partial charge in [0.05, 0.1) is 24.3 Å². The Morgan fingerprint density at radius 1 is 1.50 bits per heavy atom. The van der Waals surface area contributed by atoms with Crippen LogP contribution in [0.15, 0.2) is 22.7 Å². The molecule has 0 bridgehead atoms. The summed E-state index contributed by atoms with van der Waals surface area (Å²) in [6.45, 7) is 3.44. The Labute approximate surface area is 136 Å². The first-order valence-corrected chi connectivity index (χ1v) is 7.27. The zero-order valence-corrected chi connectivity index (χ0v) is 13.1. The van der Waals surface area contributed by atoms with Crippen LogP contribution in [-0.2, 0) is 9.53 Å². The fourth-order valence-corrected chi connectivity index (χ4v) is 2.35. The number of ether oxygens (including phenoxy) is 1. The van der Waals surface area contributed by atoms with Crippen molar-refractivity contribution in [2.24, 2.45) is 0 Å². The van der Waals surface area contributed by atoms with E-state index in [1.807, 2.05) is 0 Å². The highest BCUT2D eigenvalue weighted by molar-refractivity contribution is 5.90. The van der Waals surface area contributed by atoms with Crippen molar-refractivity contribution < 1.29 is 23.2 Å². The first-order valence-electron chi connectivity index (χ1n) is 7.27. The molecule has 1 N–H and O–H groups in total. The van der Waals surface area contributed by atoms with E-state index in [1.54, 1.807) is 13.0 Å². The average molecular weight is 334 g/mol. The number of carbonyl (C=O) groups excluding carboxylic acids is 2. The molecule has 9 heteroatoms. The lowest BCUT2D eigenvalue weighted by atomic mass is 10.1. The van der Waals surface area contributed by atoms with Crippen LogP contribution in [0.25, 0.3) is 11.5 Å². The van der Waals surface area contributed by atoms with Crippen LogP contribution in [0.1, 0.15) is 12.7 Å². The molecule has 1 aliphatic rings. The molecule has 1 saturated heterocycles. The minimum Gasteiger partial charge on any atom is -0.442 e. The number of nitrogens with one attached hydrogen (secondary N) is 1. The summed E-state index contributed by atoms with van der Waals surface area (Å²) in [5.41, 5.74) is 0.504. The fraction of sp³-hybridized carbons (Fsp3) is 0.333. The maximum Gasteiger partial charge on any atom is 0.414 e. The van der Waals surface area contributed by atoms with Gasteiger partial charge in [0.25, 0.3) is 5.89 Å². The second kappa shape index (κ2) is 6.26. The Balaban J connectivity index is 1.77. The molecule has 1 atom stereocenters. The van der Waals surface area contributed by atoms with Gasteiger partial charge in [-0.1, -0.05) is 5.16 Å². The molecule has 3 rings (SSSR count). The Morgan fingerprint density at radius 3 is 2.92 bits per heavy atom. The van der Waals surface area contributed by atoms with Crippen molar-refractivity contribution in [1.82, 2.24) is 15.5 Å². The number of carbonyl (C=O) groups is 2. The molecule has 2 amide bonds. The van der Waals surface area contributed by atoms with E-state index in [0.29, 0.717) is 11.5 Å². The molecule has 1 fully saturated rings. The molecule has 2 aromatic rings. The average Bonchev–Trinajstić information content (AvgIpc) is 3.11. The van der Waals surface area contributed by atoms with Gasteiger partial charge >= 0.3 is 6.09 Å². The van der Waals surface area contributed by atoms with Crippen molar-refractivity contribution in [1.29, 1.82) is 0 Å². The summed E-state index contributed by atoms with van der Waals surface area (Å²) in [4.78, 5) is 28.1. The smallest absolute Gasteiger partial charge is 0.414 e. The fourth-order valence-electron chi connectivity index (χ4n) is 2.35. The van der Waals surface area contributed by atoms with Gasteiger partial charge in [-0.25, -0.2) is 9.18 Å². The molecule has 0 radical (unpaired) electrons. The maximum atomic E-state index is 14.3. The van der Waals surface area contributed by atoms with Crippen molar-refractivity contribution in [3.8, 4) is 11.5 Å². The van der Waals surface area contributed by atoms with Gasteiger partial charge in [-0.05, 0) is 25.1 Å². The predicted octanol–water partition coefficient (Wildman–Crippen LogP) is 1.65. The van der Waals surface area contributed by atoms with Gasteiger partial charge in [-0.15, -0.1) is 0 Å². The van der Waals surface area contributed by atoms with Crippen molar-refractivity contribution in [2.75, 3.05) is 18.0 Å². The number of hydrogen-bond acceptors (Lipinski definition) is 6. The van der Waals surface area contributed by atoms with Gasteiger partial charge in [0, 0.05) is 6.92 Å². The number of aryl methyl sites for hydroxylation is 1. The summed E-state index contributed by atoms with van der Waals surface area (Å²) < 4.78 is 24.4. The third kappa shape index (κ3) is 3.19. The lowest BCUT2D eigenvalue weighted by Crippen LogP contribution is -2.33. The molecule has 8 nitrogen and oxygen atoms in total. The standard InChI is InChI=1S/C15H15FN4O4/c1-8-18-14(24-19-8)12-4-3-10(5-13(12)16)20-7-11(23-15(20)22)6-17-9(2)21/h3-5,11H,6-7H2,1-2H3,(H,17,21)/t11-/m0/s1. The second-order valence-electron chi connectivity index (χ2n) is 5.36. The predicted molar refractivity (Wildman–Crippen MR) is 80.7 cm³/mol. The van der Waals surface area contributed by atoms with E-state index in [1.165, 1.54) is 24.0 Å². The Kier molecular flexibility index (Phi) is 4.15. The number of halogens is 1. The minimum absolute atomic E-state index is 0.0732. The summed E-state index contributed by atoms with van der Waals surface area (Å²) in [7, 11) is 0. The zero-order valence-electron chi connectivity index (χ0n) is 13.1. The quantitative estimate of drug-likeness (QED) is 0.913. The molecule has 0 unspecified atom stereocenters. The second-order valence-corrected chi connectivity index (χ2v) is 5.36. The van der Waals surface area contributed by atoms with Gasteiger partial charge in [-0.3, -0.25) is 9.69 Å². The number of hydrogen-bond donors (Lipinski definition) is 1. The molecule has 0 saturated carbocycles. The van der Waals surface area contributed by atoms with Gasteiger partial charge in [0.15, 0.2) is 5.82 Å². The van der Waals surface area contributed by atoms with E-state index in [0.717, 1.165) is 0 Å². The van der Waals surface area contributed by atoms with Gasteiger partial charge in [-0.2, -0.15) is 4.98 Å². The molecule has 0 spiro atoms. The summed E-state index contributed by atoms with van der Waals surface area (Å²) >= 11 is 0. The number of cyclic esters (lactones) is 1. The van der Waals surface area contributed by atoms with Crippen LogP contribution in [0, 0.1) is 12.7 Å². The number of aromatic nitrogens is 2. The lowest BCUT2D eigenvalue weighted by Gasteiger charge is -2.13. The summed E-state index contributed by atoms with van der Waals surface area (Å²) in [5.74, 6) is -0.328. The highest BCUT2D eigenvalue weighted by Gasteiger charge is 2.32. The SMILES string of the molecule is CC(=O)NC[C@H]1CN(c2ccc(-c3nc(C)no3)c(F)c2)C(=O)O1. The van der Waals surface area contributed by atoms with E-state index >= 15 is 0 Å². The Morgan fingerprint density at radius 2 is 2.29 bits per heavy atom. The van der Waals surface area contributed by atoms with E-state index in [-0.39, 0.29) is 30.5 Å². The molecular formula is C15H15FN4O4.